The van der Waals surface area contributed by atoms with Gasteiger partial charge in [0.1, 0.15) is 0 Å². The van der Waals surface area contributed by atoms with Gasteiger partial charge in [-0.15, -0.1) is 0 Å². The van der Waals surface area contributed by atoms with Gasteiger partial charge in [-0.1, -0.05) is 20.8 Å². The van der Waals surface area contributed by atoms with Crippen molar-refractivity contribution in [2.45, 2.75) is 39.7 Å². The Morgan fingerprint density at radius 3 is 2.24 bits per heavy atom. The first-order valence-corrected chi connectivity index (χ1v) is 6.59. The molecule has 0 spiro atoms. The van der Waals surface area contributed by atoms with Crippen molar-refractivity contribution in [3.63, 3.8) is 0 Å². The van der Waals surface area contributed by atoms with Crippen LogP contribution in [0.2, 0.25) is 0 Å². The minimum absolute atomic E-state index is 0.0171. The Hall–Kier alpha value is -0.900. The molecule has 2 amide bonds. The van der Waals surface area contributed by atoms with Crippen molar-refractivity contribution in [2.75, 3.05) is 13.1 Å². The van der Waals surface area contributed by atoms with Crippen molar-refractivity contribution < 1.29 is 9.59 Å². The summed E-state index contributed by atoms with van der Waals surface area (Å²) in [6.07, 6.45) is 1.78. The molecule has 1 aliphatic heterocycles. The van der Waals surface area contributed by atoms with Crippen LogP contribution < -0.4 is 5.32 Å². The molecule has 2 atom stereocenters. The number of nitrogens with zero attached hydrogens (tertiary/aromatic N) is 1. The van der Waals surface area contributed by atoms with Crippen LogP contribution in [0.25, 0.3) is 0 Å². The molecule has 2 unspecified atom stereocenters. The first-order valence-electron chi connectivity index (χ1n) is 6.59. The first-order chi connectivity index (χ1) is 8.00. The Bertz CT molecular complexity index is 303. The summed E-state index contributed by atoms with van der Waals surface area (Å²) >= 11 is 0. The lowest BCUT2D eigenvalue weighted by atomic mass is 10.00. The van der Waals surface area contributed by atoms with Crippen molar-refractivity contribution in [3.8, 4) is 0 Å². The first kappa shape index (κ1) is 12.6. The predicted octanol–water partition coefficient (Wildman–Crippen LogP) is 1.02. The van der Waals surface area contributed by atoms with Crippen LogP contribution in [-0.4, -0.2) is 35.8 Å². The lowest BCUT2D eigenvalue weighted by Gasteiger charge is -2.18. The molecule has 0 radical (unpaired) electrons. The van der Waals surface area contributed by atoms with Crippen LogP contribution in [0, 0.1) is 17.8 Å². The second-order valence-corrected chi connectivity index (χ2v) is 5.73. The third-order valence-electron chi connectivity index (χ3n) is 3.85. The molecule has 0 bridgehead atoms. The van der Waals surface area contributed by atoms with E-state index in [1.54, 1.807) is 0 Å². The van der Waals surface area contributed by atoms with Gasteiger partial charge in [-0.2, -0.15) is 0 Å². The largest absolute Gasteiger partial charge is 0.313 e. The number of nitrogens with one attached hydrogen (secondary N) is 1. The molecule has 2 aliphatic rings. The van der Waals surface area contributed by atoms with Gasteiger partial charge < -0.3 is 5.32 Å². The van der Waals surface area contributed by atoms with E-state index in [2.05, 4.69) is 26.1 Å². The number of likely N-dealkylation sites (tertiary alicyclic amines) is 1. The molecule has 1 aliphatic carbocycles. The summed E-state index contributed by atoms with van der Waals surface area (Å²) in [7, 11) is 0. The van der Waals surface area contributed by atoms with Crippen molar-refractivity contribution in [1.29, 1.82) is 0 Å². The number of amides is 2. The maximum Gasteiger partial charge on any atom is 0.233 e. The van der Waals surface area contributed by atoms with Gasteiger partial charge in [-0.05, 0) is 18.8 Å². The zero-order valence-electron chi connectivity index (χ0n) is 10.9. The van der Waals surface area contributed by atoms with Gasteiger partial charge in [-0.3, -0.25) is 14.5 Å². The zero-order valence-corrected chi connectivity index (χ0v) is 10.9. The summed E-state index contributed by atoms with van der Waals surface area (Å²) in [4.78, 5) is 25.7. The fourth-order valence-electron chi connectivity index (χ4n) is 3.03. The van der Waals surface area contributed by atoms with Gasteiger partial charge in [0.15, 0.2) is 0 Å². The highest BCUT2D eigenvalue weighted by atomic mass is 16.2. The molecule has 2 fully saturated rings. The van der Waals surface area contributed by atoms with E-state index in [-0.39, 0.29) is 23.7 Å². The molecule has 1 N–H and O–H groups in total. The minimum Gasteiger partial charge on any atom is -0.313 e. The van der Waals surface area contributed by atoms with Crippen LogP contribution in [0.1, 0.15) is 33.6 Å². The van der Waals surface area contributed by atoms with Crippen molar-refractivity contribution in [2.24, 2.45) is 17.8 Å². The molecule has 0 aromatic carbocycles. The molecule has 0 aromatic rings. The summed E-state index contributed by atoms with van der Waals surface area (Å²) in [5.41, 5.74) is 0. The number of hydrogen-bond acceptors (Lipinski definition) is 3. The van der Waals surface area contributed by atoms with Gasteiger partial charge in [0.2, 0.25) is 11.8 Å². The van der Waals surface area contributed by atoms with E-state index in [1.165, 1.54) is 4.90 Å². The number of fused-ring (bicyclic) bond motifs is 1. The zero-order chi connectivity index (χ0) is 12.6. The van der Waals surface area contributed by atoms with Crippen molar-refractivity contribution >= 4 is 11.8 Å². The van der Waals surface area contributed by atoms with E-state index in [0.29, 0.717) is 25.0 Å². The highest BCUT2D eigenvalue weighted by Gasteiger charge is 2.51. The molecule has 1 saturated carbocycles. The van der Waals surface area contributed by atoms with Crippen molar-refractivity contribution in [3.05, 3.63) is 0 Å². The molecule has 2 rings (SSSR count). The second kappa shape index (κ2) is 4.77. The van der Waals surface area contributed by atoms with E-state index >= 15 is 0 Å². The van der Waals surface area contributed by atoms with Gasteiger partial charge in [0.25, 0.3) is 0 Å². The predicted molar refractivity (Wildman–Crippen MR) is 65.2 cm³/mol. The van der Waals surface area contributed by atoms with E-state index < -0.39 is 0 Å². The fourth-order valence-corrected chi connectivity index (χ4v) is 3.03. The number of carbonyl (C=O) groups excluding carboxylic acids is 2. The quantitative estimate of drug-likeness (QED) is 0.744. The summed E-state index contributed by atoms with van der Waals surface area (Å²) in [5, 5.41) is 3.24. The van der Waals surface area contributed by atoms with Gasteiger partial charge >= 0.3 is 0 Å². The second-order valence-electron chi connectivity index (χ2n) is 5.73. The number of rotatable bonds is 4. The summed E-state index contributed by atoms with van der Waals surface area (Å²) < 4.78 is 0. The summed E-state index contributed by atoms with van der Waals surface area (Å²) in [6, 6.07) is 0.391. The molecule has 4 heteroatoms. The maximum atomic E-state index is 12.1. The van der Waals surface area contributed by atoms with E-state index in [0.717, 1.165) is 12.8 Å². The van der Waals surface area contributed by atoms with Crippen LogP contribution >= 0.6 is 0 Å². The lowest BCUT2D eigenvalue weighted by Crippen LogP contribution is -2.39. The molecule has 1 saturated heterocycles. The van der Waals surface area contributed by atoms with Crippen LogP contribution in [0.4, 0.5) is 0 Å². The van der Waals surface area contributed by atoms with E-state index in [4.69, 9.17) is 0 Å². The average Bonchev–Trinajstić information content (AvgIpc) is 2.72. The number of carbonyl (C=O) groups is 2. The molecule has 4 nitrogen and oxygen atoms in total. The highest BCUT2D eigenvalue weighted by Crippen LogP contribution is 2.42. The van der Waals surface area contributed by atoms with Crippen LogP contribution in [0.3, 0.4) is 0 Å². The third-order valence-corrected chi connectivity index (χ3v) is 3.85. The van der Waals surface area contributed by atoms with E-state index in [1.807, 2.05) is 0 Å². The average molecular weight is 238 g/mol. The number of hydrogen-bond donors (Lipinski definition) is 1. The van der Waals surface area contributed by atoms with Crippen LogP contribution in [-0.2, 0) is 9.59 Å². The molecular weight excluding hydrogens is 216 g/mol. The fraction of sp³-hybridized carbons (Fsp3) is 0.846. The highest BCUT2D eigenvalue weighted by molar-refractivity contribution is 6.05. The van der Waals surface area contributed by atoms with Gasteiger partial charge in [0, 0.05) is 19.1 Å². The van der Waals surface area contributed by atoms with Crippen LogP contribution in [0.15, 0.2) is 0 Å². The third kappa shape index (κ3) is 2.37. The Morgan fingerprint density at radius 2 is 1.76 bits per heavy atom. The smallest absolute Gasteiger partial charge is 0.233 e. The number of imide groups is 1. The molecule has 1 heterocycles. The Kier molecular flexibility index (Phi) is 3.52. The SMILES string of the molecule is CC1CC2C(=O)N(CCNC(C)C)C(=O)C2C1. The Morgan fingerprint density at radius 1 is 1.24 bits per heavy atom. The Labute approximate surface area is 103 Å². The molecular formula is C13H22N2O2. The molecule has 17 heavy (non-hydrogen) atoms. The van der Waals surface area contributed by atoms with Gasteiger partial charge in [-0.25, -0.2) is 0 Å². The standard InChI is InChI=1S/C13H22N2O2/c1-8(2)14-4-5-15-12(16)10-6-9(3)7-11(10)13(15)17/h8-11,14H,4-7H2,1-3H3. The van der Waals surface area contributed by atoms with E-state index in [9.17, 15) is 9.59 Å². The Balaban J connectivity index is 1.93. The normalized spacial score (nSPS) is 32.7. The lowest BCUT2D eigenvalue weighted by molar-refractivity contribution is -0.140. The topological polar surface area (TPSA) is 49.4 Å². The summed E-state index contributed by atoms with van der Waals surface area (Å²) in [5.74, 6) is 0.617. The summed E-state index contributed by atoms with van der Waals surface area (Å²) in [6.45, 7) is 7.47. The van der Waals surface area contributed by atoms with Crippen LogP contribution in [0.5, 0.6) is 0 Å². The monoisotopic (exact) mass is 238 g/mol. The van der Waals surface area contributed by atoms with Crippen molar-refractivity contribution in [1.82, 2.24) is 10.2 Å². The minimum atomic E-state index is -0.0171. The molecule has 0 aromatic heterocycles. The molecule has 96 valence electrons. The maximum absolute atomic E-state index is 12.1. The van der Waals surface area contributed by atoms with Gasteiger partial charge in [0.05, 0.1) is 11.8 Å².